The molecule has 0 N–H and O–H groups in total. The van der Waals surface area contributed by atoms with Crippen LogP contribution in [0.15, 0.2) is 42.7 Å². The van der Waals surface area contributed by atoms with Gasteiger partial charge in [-0.25, -0.2) is 4.68 Å². The van der Waals surface area contributed by atoms with E-state index in [-0.39, 0.29) is 5.41 Å². The third-order valence-electron chi connectivity index (χ3n) is 3.12. The number of aromatic nitrogens is 2. The second-order valence-corrected chi connectivity index (χ2v) is 4.20. The standard InChI is InChI=1S/C13H11N3/c14-10-13(6-7-13)11-8-15-16(9-11)12-4-2-1-3-5-12/h1-5,8-9H,6-7H2. The van der Waals surface area contributed by atoms with Gasteiger partial charge in [-0.1, -0.05) is 18.2 Å². The topological polar surface area (TPSA) is 41.6 Å². The van der Waals surface area contributed by atoms with E-state index in [0.29, 0.717) is 0 Å². The van der Waals surface area contributed by atoms with Gasteiger partial charge in [-0.2, -0.15) is 10.4 Å². The number of para-hydroxylation sites is 1. The van der Waals surface area contributed by atoms with Gasteiger partial charge in [0.15, 0.2) is 0 Å². The summed E-state index contributed by atoms with van der Waals surface area (Å²) in [6, 6.07) is 12.3. The highest BCUT2D eigenvalue weighted by Gasteiger charge is 2.45. The van der Waals surface area contributed by atoms with Crippen LogP contribution in [0.1, 0.15) is 18.4 Å². The van der Waals surface area contributed by atoms with Crippen LogP contribution in [0.2, 0.25) is 0 Å². The van der Waals surface area contributed by atoms with Crippen molar-refractivity contribution in [3.63, 3.8) is 0 Å². The molecule has 16 heavy (non-hydrogen) atoms. The van der Waals surface area contributed by atoms with Gasteiger partial charge in [-0.3, -0.25) is 0 Å². The highest BCUT2D eigenvalue weighted by Crippen LogP contribution is 2.47. The molecule has 1 saturated carbocycles. The zero-order valence-electron chi connectivity index (χ0n) is 8.80. The highest BCUT2D eigenvalue weighted by molar-refractivity contribution is 5.39. The number of nitriles is 1. The second-order valence-electron chi connectivity index (χ2n) is 4.20. The molecule has 0 aliphatic heterocycles. The first kappa shape index (κ1) is 9.17. The van der Waals surface area contributed by atoms with E-state index >= 15 is 0 Å². The largest absolute Gasteiger partial charge is 0.241 e. The maximum absolute atomic E-state index is 9.10. The maximum Gasteiger partial charge on any atom is 0.0854 e. The molecular formula is C13H11N3. The lowest BCUT2D eigenvalue weighted by atomic mass is 10.0. The fourth-order valence-corrected chi connectivity index (χ4v) is 1.88. The number of rotatable bonds is 2. The fraction of sp³-hybridized carbons (Fsp3) is 0.231. The molecule has 0 atom stereocenters. The summed E-state index contributed by atoms with van der Waals surface area (Å²) in [6.45, 7) is 0. The zero-order chi connectivity index (χ0) is 11.0. The van der Waals surface area contributed by atoms with Crippen molar-refractivity contribution in [2.24, 2.45) is 0 Å². The summed E-state index contributed by atoms with van der Waals surface area (Å²) < 4.78 is 1.83. The van der Waals surface area contributed by atoms with Gasteiger partial charge in [0.05, 0.1) is 23.4 Å². The van der Waals surface area contributed by atoms with Gasteiger partial charge in [-0.05, 0) is 25.0 Å². The molecule has 0 bridgehead atoms. The van der Waals surface area contributed by atoms with E-state index in [1.807, 2.05) is 47.4 Å². The fourth-order valence-electron chi connectivity index (χ4n) is 1.88. The van der Waals surface area contributed by atoms with Crippen LogP contribution in [-0.4, -0.2) is 9.78 Å². The predicted octanol–water partition coefficient (Wildman–Crippen LogP) is 2.43. The van der Waals surface area contributed by atoms with Gasteiger partial charge in [-0.15, -0.1) is 0 Å². The van der Waals surface area contributed by atoms with Crippen molar-refractivity contribution in [2.45, 2.75) is 18.3 Å². The lowest BCUT2D eigenvalue weighted by Crippen LogP contribution is -2.00. The first-order chi connectivity index (χ1) is 7.84. The summed E-state index contributed by atoms with van der Waals surface area (Å²) in [7, 11) is 0. The molecule has 1 aromatic carbocycles. The molecule has 1 heterocycles. The monoisotopic (exact) mass is 209 g/mol. The Kier molecular flexibility index (Phi) is 1.84. The van der Waals surface area contributed by atoms with E-state index in [4.69, 9.17) is 5.26 Å². The van der Waals surface area contributed by atoms with Crippen molar-refractivity contribution in [2.75, 3.05) is 0 Å². The SMILES string of the molecule is N#CC1(c2cnn(-c3ccccc3)c2)CC1. The third kappa shape index (κ3) is 1.31. The Labute approximate surface area is 93.9 Å². The van der Waals surface area contributed by atoms with Crippen LogP contribution in [0, 0.1) is 11.3 Å². The molecule has 1 aliphatic carbocycles. The second kappa shape index (κ2) is 3.21. The van der Waals surface area contributed by atoms with Gasteiger partial charge in [0.2, 0.25) is 0 Å². The first-order valence-electron chi connectivity index (χ1n) is 5.36. The van der Waals surface area contributed by atoms with Gasteiger partial charge in [0.1, 0.15) is 0 Å². The Morgan fingerprint density at radius 3 is 2.62 bits per heavy atom. The maximum atomic E-state index is 9.10. The van der Waals surface area contributed by atoms with Crippen molar-refractivity contribution < 1.29 is 0 Å². The van der Waals surface area contributed by atoms with Gasteiger partial charge in [0, 0.05) is 11.8 Å². The van der Waals surface area contributed by atoms with Crippen LogP contribution in [-0.2, 0) is 5.41 Å². The average Bonchev–Trinajstić information content (AvgIpc) is 3.00. The summed E-state index contributed by atoms with van der Waals surface area (Å²) in [5.74, 6) is 0. The smallest absolute Gasteiger partial charge is 0.0854 e. The van der Waals surface area contributed by atoms with Gasteiger partial charge < -0.3 is 0 Å². The van der Waals surface area contributed by atoms with Gasteiger partial charge >= 0.3 is 0 Å². The van der Waals surface area contributed by atoms with Crippen molar-refractivity contribution in [1.82, 2.24) is 9.78 Å². The van der Waals surface area contributed by atoms with Crippen molar-refractivity contribution in [3.05, 3.63) is 48.3 Å². The van der Waals surface area contributed by atoms with Gasteiger partial charge in [0.25, 0.3) is 0 Å². The Balaban J connectivity index is 1.98. The van der Waals surface area contributed by atoms with Crippen molar-refractivity contribution in [1.29, 1.82) is 5.26 Å². The summed E-state index contributed by atoms with van der Waals surface area (Å²) in [6.07, 6.45) is 5.70. The van der Waals surface area contributed by atoms with E-state index in [2.05, 4.69) is 11.2 Å². The predicted molar refractivity (Wildman–Crippen MR) is 60.1 cm³/mol. The number of hydrogen-bond donors (Lipinski definition) is 0. The molecular weight excluding hydrogens is 198 g/mol. The quantitative estimate of drug-likeness (QED) is 0.762. The Bertz CT molecular complexity index is 544. The Hall–Kier alpha value is -2.08. The zero-order valence-corrected chi connectivity index (χ0v) is 8.80. The summed E-state index contributed by atoms with van der Waals surface area (Å²) in [5, 5.41) is 13.4. The minimum Gasteiger partial charge on any atom is -0.241 e. The third-order valence-corrected chi connectivity index (χ3v) is 3.12. The van der Waals surface area contributed by atoms with E-state index in [9.17, 15) is 0 Å². The molecule has 0 amide bonds. The molecule has 3 heteroatoms. The highest BCUT2D eigenvalue weighted by atomic mass is 15.3. The average molecular weight is 209 g/mol. The van der Waals surface area contributed by atoms with Crippen LogP contribution < -0.4 is 0 Å². The number of nitrogens with zero attached hydrogens (tertiary/aromatic N) is 3. The summed E-state index contributed by atoms with van der Waals surface area (Å²) >= 11 is 0. The molecule has 2 aromatic rings. The molecule has 0 spiro atoms. The van der Waals surface area contributed by atoms with E-state index < -0.39 is 0 Å². The van der Waals surface area contributed by atoms with Crippen LogP contribution >= 0.6 is 0 Å². The van der Waals surface area contributed by atoms with Crippen LogP contribution in [0.3, 0.4) is 0 Å². The van der Waals surface area contributed by atoms with Crippen molar-refractivity contribution in [3.8, 4) is 11.8 Å². The lowest BCUT2D eigenvalue weighted by Gasteiger charge is -2.01. The molecule has 3 rings (SSSR count). The molecule has 0 unspecified atom stereocenters. The summed E-state index contributed by atoms with van der Waals surface area (Å²) in [5.41, 5.74) is 1.83. The van der Waals surface area contributed by atoms with E-state index in [0.717, 1.165) is 24.1 Å². The minimum atomic E-state index is -0.243. The lowest BCUT2D eigenvalue weighted by molar-refractivity contribution is 0.874. The Morgan fingerprint density at radius 2 is 2.00 bits per heavy atom. The first-order valence-corrected chi connectivity index (χ1v) is 5.36. The Morgan fingerprint density at radius 1 is 1.25 bits per heavy atom. The van der Waals surface area contributed by atoms with Crippen molar-refractivity contribution >= 4 is 0 Å². The number of benzene rings is 1. The molecule has 3 nitrogen and oxygen atoms in total. The molecule has 0 radical (unpaired) electrons. The normalized spacial score (nSPS) is 16.7. The summed E-state index contributed by atoms with van der Waals surface area (Å²) in [4.78, 5) is 0. The van der Waals surface area contributed by atoms with E-state index in [1.165, 1.54) is 0 Å². The van der Waals surface area contributed by atoms with E-state index in [1.54, 1.807) is 0 Å². The molecule has 1 fully saturated rings. The van der Waals surface area contributed by atoms with Crippen LogP contribution in [0.5, 0.6) is 0 Å². The molecule has 1 aromatic heterocycles. The molecule has 0 saturated heterocycles. The van der Waals surface area contributed by atoms with Crippen LogP contribution in [0.25, 0.3) is 5.69 Å². The van der Waals surface area contributed by atoms with Crippen LogP contribution in [0.4, 0.5) is 0 Å². The molecule has 78 valence electrons. The minimum absolute atomic E-state index is 0.243. The number of hydrogen-bond acceptors (Lipinski definition) is 2. The molecule has 1 aliphatic rings.